The van der Waals surface area contributed by atoms with Crippen molar-refractivity contribution in [2.75, 3.05) is 5.32 Å². The van der Waals surface area contributed by atoms with E-state index in [2.05, 4.69) is 10.3 Å². The largest absolute Gasteiger partial charge is 0.490 e. The van der Waals surface area contributed by atoms with Gasteiger partial charge in [0.05, 0.1) is 11.7 Å². The number of ether oxygens (including phenoxy) is 1. The summed E-state index contributed by atoms with van der Waals surface area (Å²) in [6.07, 6.45) is 4.57. The van der Waals surface area contributed by atoms with Crippen LogP contribution >= 0.6 is 0 Å². The highest BCUT2D eigenvalue weighted by Crippen LogP contribution is 2.40. The van der Waals surface area contributed by atoms with E-state index in [-0.39, 0.29) is 17.4 Å². The predicted molar refractivity (Wildman–Crippen MR) is 138 cm³/mol. The third-order valence-corrected chi connectivity index (χ3v) is 6.31. The molecular formula is C28H27N3O5. The molecule has 4 aromatic rings. The van der Waals surface area contributed by atoms with Crippen molar-refractivity contribution in [3.63, 3.8) is 0 Å². The quantitative estimate of drug-likeness (QED) is 0.337. The number of aliphatic hydroxyl groups is 1. The van der Waals surface area contributed by atoms with Gasteiger partial charge in [-0.3, -0.25) is 14.4 Å². The van der Waals surface area contributed by atoms with Gasteiger partial charge in [-0.25, -0.2) is 0 Å². The first-order valence-electron chi connectivity index (χ1n) is 11.8. The van der Waals surface area contributed by atoms with Crippen molar-refractivity contribution >= 4 is 28.8 Å². The summed E-state index contributed by atoms with van der Waals surface area (Å²) in [6, 6.07) is 13.7. The molecule has 0 spiro atoms. The Morgan fingerprint density at radius 1 is 1.14 bits per heavy atom. The number of hydrogen-bond donors (Lipinski definition) is 3. The van der Waals surface area contributed by atoms with E-state index in [9.17, 15) is 19.5 Å². The van der Waals surface area contributed by atoms with Crippen LogP contribution in [0.3, 0.4) is 0 Å². The van der Waals surface area contributed by atoms with Crippen LogP contribution in [0.15, 0.2) is 59.5 Å². The van der Waals surface area contributed by atoms with Crippen LogP contribution in [0.5, 0.6) is 5.75 Å². The highest BCUT2D eigenvalue weighted by atomic mass is 16.5. The molecule has 0 aliphatic heterocycles. The minimum atomic E-state index is -1.07. The minimum Gasteiger partial charge on any atom is -0.490 e. The van der Waals surface area contributed by atoms with Gasteiger partial charge >= 0.3 is 0 Å². The Kier molecular flexibility index (Phi) is 5.76. The van der Waals surface area contributed by atoms with Gasteiger partial charge in [0.2, 0.25) is 0 Å². The Morgan fingerprint density at radius 3 is 2.50 bits per heavy atom. The number of carbonyl (C=O) groups is 2. The summed E-state index contributed by atoms with van der Waals surface area (Å²) in [5.41, 5.74) is 2.34. The number of benzene rings is 2. The number of H-pyrrole nitrogens is 1. The lowest BCUT2D eigenvalue weighted by atomic mass is 9.93. The molecule has 1 aliphatic rings. The maximum atomic E-state index is 13.0. The summed E-state index contributed by atoms with van der Waals surface area (Å²) in [6.45, 7) is 3.43. The number of nitrogens with one attached hydrogen (secondary N) is 2. The Labute approximate surface area is 207 Å². The molecule has 0 unspecified atom stereocenters. The zero-order chi connectivity index (χ0) is 25.6. The molecule has 3 N–H and O–H groups in total. The Morgan fingerprint density at radius 2 is 1.86 bits per heavy atom. The van der Waals surface area contributed by atoms with Gasteiger partial charge in [0, 0.05) is 41.0 Å². The molecule has 0 atom stereocenters. The molecule has 8 heteroatoms. The Hall–Kier alpha value is -4.17. The summed E-state index contributed by atoms with van der Waals surface area (Å²) < 4.78 is 7.63. The van der Waals surface area contributed by atoms with Gasteiger partial charge in [-0.1, -0.05) is 6.07 Å². The number of nitrogens with zero attached hydrogens (tertiary/aromatic N) is 1. The first-order valence-corrected chi connectivity index (χ1v) is 11.8. The summed E-state index contributed by atoms with van der Waals surface area (Å²) in [7, 11) is 1.65. The summed E-state index contributed by atoms with van der Waals surface area (Å²) in [5.74, 6) is 0.241. The Balaban J connectivity index is 1.61. The van der Waals surface area contributed by atoms with Crippen LogP contribution in [0, 0.1) is 0 Å². The lowest BCUT2D eigenvalue weighted by molar-refractivity contribution is 0.0785. The normalized spacial score (nSPS) is 13.6. The second-order valence-corrected chi connectivity index (χ2v) is 9.71. The van der Waals surface area contributed by atoms with Gasteiger partial charge in [0.25, 0.3) is 11.5 Å². The van der Waals surface area contributed by atoms with E-state index >= 15 is 0 Å². The molecule has 1 fully saturated rings. The molecular weight excluding hydrogens is 458 g/mol. The van der Waals surface area contributed by atoms with Crippen LogP contribution in [0.4, 0.5) is 5.69 Å². The minimum absolute atomic E-state index is 0.151. The van der Waals surface area contributed by atoms with E-state index in [0.717, 1.165) is 24.7 Å². The first kappa shape index (κ1) is 23.6. The number of aromatic nitrogens is 2. The van der Waals surface area contributed by atoms with Crippen molar-refractivity contribution in [3.05, 3.63) is 81.9 Å². The third-order valence-electron chi connectivity index (χ3n) is 6.31. The number of aryl methyl sites for hydroxylation is 1. The fourth-order valence-electron chi connectivity index (χ4n) is 4.10. The highest BCUT2D eigenvalue weighted by Gasteiger charge is 2.27. The maximum absolute atomic E-state index is 13.0. The molecule has 1 amide bonds. The zero-order valence-corrected chi connectivity index (χ0v) is 20.3. The third kappa shape index (κ3) is 4.55. The van der Waals surface area contributed by atoms with Gasteiger partial charge < -0.3 is 24.7 Å². The number of fused-ring (bicyclic) bond motifs is 1. The predicted octanol–water partition coefficient (Wildman–Crippen LogP) is 4.37. The van der Waals surface area contributed by atoms with Gasteiger partial charge in [0.15, 0.2) is 0 Å². The molecule has 8 nitrogen and oxygen atoms in total. The van der Waals surface area contributed by atoms with Crippen LogP contribution in [-0.2, 0) is 12.6 Å². The molecule has 0 bridgehead atoms. The number of anilines is 1. The van der Waals surface area contributed by atoms with Gasteiger partial charge in [0.1, 0.15) is 23.2 Å². The topological polar surface area (TPSA) is 113 Å². The number of hydrogen-bond acceptors (Lipinski definition) is 5. The number of aldehydes is 1. The average Bonchev–Trinajstić information content (AvgIpc) is 3.55. The van der Waals surface area contributed by atoms with E-state index in [1.165, 1.54) is 4.57 Å². The summed E-state index contributed by atoms with van der Waals surface area (Å²) >= 11 is 0. The van der Waals surface area contributed by atoms with Crippen molar-refractivity contribution in [1.29, 1.82) is 0 Å². The van der Waals surface area contributed by atoms with Crippen LogP contribution in [0.25, 0.3) is 22.0 Å². The van der Waals surface area contributed by atoms with E-state index in [4.69, 9.17) is 4.74 Å². The van der Waals surface area contributed by atoms with Crippen molar-refractivity contribution in [3.8, 4) is 16.9 Å². The molecule has 2 aromatic heterocycles. The fraction of sp³-hybridized carbons (Fsp3) is 0.250. The fourth-order valence-corrected chi connectivity index (χ4v) is 4.10. The van der Waals surface area contributed by atoms with Crippen LogP contribution < -0.4 is 15.6 Å². The van der Waals surface area contributed by atoms with Gasteiger partial charge in [-0.15, -0.1) is 0 Å². The zero-order valence-electron chi connectivity index (χ0n) is 20.3. The lowest BCUT2D eigenvalue weighted by Crippen LogP contribution is -2.18. The van der Waals surface area contributed by atoms with Crippen molar-refractivity contribution in [2.24, 2.45) is 7.05 Å². The molecule has 1 saturated carbocycles. The molecule has 36 heavy (non-hydrogen) atoms. The molecule has 0 saturated heterocycles. The van der Waals surface area contributed by atoms with Gasteiger partial charge in [-0.05, 0) is 74.7 Å². The van der Waals surface area contributed by atoms with Crippen LogP contribution in [0.2, 0.25) is 0 Å². The van der Waals surface area contributed by atoms with Crippen molar-refractivity contribution < 1.29 is 19.4 Å². The van der Waals surface area contributed by atoms with Crippen LogP contribution in [0.1, 0.15) is 53.1 Å². The standard InChI is InChI=1S/C28H27N3O5/c1-28(2,35)17-6-11-24(36-19-9-10-19)20(12-17)22-14-31(3)27(34)25-21(22)13-23(30-25)26(33)29-18-7-4-16(15-32)5-8-18/h4-8,11-15,19,30,35H,9-10H2,1-3H3,(H,29,33). The van der Waals surface area contributed by atoms with E-state index in [1.807, 2.05) is 18.2 Å². The van der Waals surface area contributed by atoms with Crippen molar-refractivity contribution in [2.45, 2.75) is 38.4 Å². The second kappa shape index (κ2) is 8.80. The average molecular weight is 486 g/mol. The molecule has 1 aliphatic carbocycles. The number of pyridine rings is 1. The number of aromatic amines is 1. The second-order valence-electron chi connectivity index (χ2n) is 9.71. The summed E-state index contributed by atoms with van der Waals surface area (Å²) in [4.78, 5) is 39.8. The van der Waals surface area contributed by atoms with Gasteiger partial charge in [-0.2, -0.15) is 0 Å². The Bertz CT molecular complexity index is 1540. The van der Waals surface area contributed by atoms with Crippen LogP contribution in [-0.4, -0.2) is 33.0 Å². The number of rotatable bonds is 7. The molecule has 0 radical (unpaired) electrons. The molecule has 184 valence electrons. The van der Waals surface area contributed by atoms with E-state index < -0.39 is 11.5 Å². The monoisotopic (exact) mass is 485 g/mol. The smallest absolute Gasteiger partial charge is 0.274 e. The molecule has 2 aromatic carbocycles. The molecule has 5 rings (SSSR count). The SMILES string of the molecule is Cn1cc(-c2cc(C(C)(C)O)ccc2OC2CC2)c2cc(C(=O)Nc3ccc(C=O)cc3)[nH]c2c1=O. The van der Waals surface area contributed by atoms with E-state index in [1.54, 1.807) is 57.4 Å². The number of amides is 1. The maximum Gasteiger partial charge on any atom is 0.274 e. The highest BCUT2D eigenvalue weighted by molar-refractivity contribution is 6.08. The van der Waals surface area contributed by atoms with Crippen molar-refractivity contribution in [1.82, 2.24) is 9.55 Å². The lowest BCUT2D eigenvalue weighted by Gasteiger charge is -2.21. The van der Waals surface area contributed by atoms with E-state index in [0.29, 0.717) is 39.0 Å². The first-order chi connectivity index (χ1) is 17.1. The summed E-state index contributed by atoms with van der Waals surface area (Å²) in [5, 5.41) is 14.0. The molecule has 2 heterocycles. The number of carbonyl (C=O) groups excluding carboxylic acids is 2.